The van der Waals surface area contributed by atoms with Crippen LogP contribution in [-0.4, -0.2) is 30.7 Å². The molecule has 0 heterocycles. The lowest BCUT2D eigenvalue weighted by molar-refractivity contribution is -0.186. The van der Waals surface area contributed by atoms with E-state index in [-0.39, 0.29) is 6.61 Å². The molecule has 0 aliphatic carbocycles. The van der Waals surface area contributed by atoms with Gasteiger partial charge in [-0.05, 0) is 6.92 Å². The van der Waals surface area contributed by atoms with Gasteiger partial charge in [-0.3, -0.25) is 9.59 Å². The summed E-state index contributed by atoms with van der Waals surface area (Å²) in [6.45, 7) is 1.34. The van der Waals surface area contributed by atoms with E-state index in [4.69, 9.17) is 0 Å². The second kappa shape index (κ2) is 4.92. The number of halogens is 4. The van der Waals surface area contributed by atoms with Crippen molar-refractivity contribution in [1.82, 2.24) is 0 Å². The summed E-state index contributed by atoms with van der Waals surface area (Å²) in [4.78, 5) is 21.0. The number of carbonyl (C=O) groups is 2. The number of esters is 1. The van der Waals surface area contributed by atoms with Crippen molar-refractivity contribution < 1.29 is 31.9 Å². The maximum atomic E-state index is 12.2. The molecule has 0 spiro atoms. The van der Waals surface area contributed by atoms with Gasteiger partial charge in [-0.1, -0.05) is 0 Å². The molecule has 0 aromatic rings. The molecule has 0 aromatic carbocycles. The van der Waals surface area contributed by atoms with Crippen LogP contribution in [0.3, 0.4) is 0 Å². The van der Waals surface area contributed by atoms with E-state index >= 15 is 0 Å². The minimum Gasteiger partial charge on any atom is -0.466 e. The molecule has 0 saturated heterocycles. The quantitative estimate of drug-likeness (QED) is 0.405. The zero-order chi connectivity index (χ0) is 11.4. The number of alkyl halides is 4. The van der Waals surface area contributed by atoms with Gasteiger partial charge in [-0.25, -0.2) is 4.39 Å². The number of ether oxygens (including phenoxy) is 1. The number of hydrogen-bond acceptors (Lipinski definition) is 3. The SMILES string of the molecule is CCOC(=O)CC(=O)C(F)C(F)(F)F. The summed E-state index contributed by atoms with van der Waals surface area (Å²) in [6.07, 6.45) is -10.1. The largest absolute Gasteiger partial charge is 0.466 e. The van der Waals surface area contributed by atoms with Crippen LogP contribution in [0.2, 0.25) is 0 Å². The number of rotatable bonds is 4. The van der Waals surface area contributed by atoms with E-state index in [2.05, 4.69) is 4.74 Å². The van der Waals surface area contributed by atoms with Gasteiger partial charge in [-0.15, -0.1) is 0 Å². The molecular formula is C7H8F4O3. The predicted octanol–water partition coefficient (Wildman–Crippen LogP) is 1.41. The Morgan fingerprint density at radius 1 is 1.36 bits per heavy atom. The average Bonchev–Trinajstić information content (AvgIpc) is 2.01. The Morgan fingerprint density at radius 2 is 1.86 bits per heavy atom. The van der Waals surface area contributed by atoms with E-state index < -0.39 is 30.5 Å². The number of Topliss-reactive ketones (excluding diaryl/α,β-unsaturated/α-hetero) is 1. The van der Waals surface area contributed by atoms with Crippen molar-refractivity contribution in [1.29, 1.82) is 0 Å². The molecule has 0 rings (SSSR count). The third-order valence-electron chi connectivity index (χ3n) is 1.19. The molecule has 82 valence electrons. The lowest BCUT2D eigenvalue weighted by Gasteiger charge is -2.10. The van der Waals surface area contributed by atoms with Gasteiger partial charge < -0.3 is 4.74 Å². The number of carbonyl (C=O) groups excluding carboxylic acids is 2. The molecule has 0 saturated carbocycles. The first kappa shape index (κ1) is 12.9. The third-order valence-corrected chi connectivity index (χ3v) is 1.19. The van der Waals surface area contributed by atoms with Crippen molar-refractivity contribution in [2.75, 3.05) is 6.61 Å². The highest BCUT2D eigenvalue weighted by Gasteiger charge is 2.45. The Kier molecular flexibility index (Phi) is 4.52. The Labute approximate surface area is 77.0 Å². The van der Waals surface area contributed by atoms with Crippen molar-refractivity contribution in [2.24, 2.45) is 0 Å². The van der Waals surface area contributed by atoms with E-state index in [0.29, 0.717) is 0 Å². The van der Waals surface area contributed by atoms with Crippen LogP contribution in [-0.2, 0) is 14.3 Å². The van der Waals surface area contributed by atoms with Crippen LogP contribution in [0.1, 0.15) is 13.3 Å². The van der Waals surface area contributed by atoms with Crippen LogP contribution < -0.4 is 0 Å². The standard InChI is InChI=1S/C7H8F4O3/c1-2-14-5(13)3-4(12)6(8)7(9,10)11/h6H,2-3H2,1H3. The molecule has 1 unspecified atom stereocenters. The highest BCUT2D eigenvalue weighted by Crippen LogP contribution is 2.24. The highest BCUT2D eigenvalue weighted by atomic mass is 19.4. The van der Waals surface area contributed by atoms with Gasteiger partial charge in [-0.2, -0.15) is 13.2 Å². The van der Waals surface area contributed by atoms with Gasteiger partial charge in [0.2, 0.25) is 0 Å². The summed E-state index contributed by atoms with van der Waals surface area (Å²) in [5, 5.41) is 0. The fourth-order valence-electron chi connectivity index (χ4n) is 0.626. The van der Waals surface area contributed by atoms with Crippen LogP contribution in [0.15, 0.2) is 0 Å². The number of ketones is 1. The van der Waals surface area contributed by atoms with Gasteiger partial charge in [0.25, 0.3) is 6.17 Å². The zero-order valence-corrected chi connectivity index (χ0v) is 7.23. The van der Waals surface area contributed by atoms with Gasteiger partial charge in [0.05, 0.1) is 6.61 Å². The summed E-state index contributed by atoms with van der Waals surface area (Å²) in [6, 6.07) is 0. The second-order valence-electron chi connectivity index (χ2n) is 2.35. The van der Waals surface area contributed by atoms with Crippen molar-refractivity contribution in [3.8, 4) is 0 Å². The monoisotopic (exact) mass is 216 g/mol. The molecule has 0 N–H and O–H groups in total. The molecular weight excluding hydrogens is 208 g/mol. The highest BCUT2D eigenvalue weighted by molar-refractivity contribution is 5.98. The fourth-order valence-corrected chi connectivity index (χ4v) is 0.626. The van der Waals surface area contributed by atoms with Crippen molar-refractivity contribution in [3.63, 3.8) is 0 Å². The van der Waals surface area contributed by atoms with Crippen LogP contribution in [0.5, 0.6) is 0 Å². The van der Waals surface area contributed by atoms with E-state index in [1.807, 2.05) is 0 Å². The summed E-state index contributed by atoms with van der Waals surface area (Å²) in [7, 11) is 0. The lowest BCUT2D eigenvalue weighted by atomic mass is 10.2. The molecule has 3 nitrogen and oxygen atoms in total. The van der Waals surface area contributed by atoms with Crippen LogP contribution in [0.25, 0.3) is 0 Å². The Balaban J connectivity index is 4.15. The molecule has 0 aliphatic rings. The van der Waals surface area contributed by atoms with E-state index in [0.717, 1.165) is 0 Å². The predicted molar refractivity (Wildman–Crippen MR) is 37.2 cm³/mol. The first-order valence-corrected chi connectivity index (χ1v) is 3.68. The minimum absolute atomic E-state index is 0.0743. The lowest BCUT2D eigenvalue weighted by Crippen LogP contribution is -2.34. The van der Waals surface area contributed by atoms with Crippen LogP contribution in [0, 0.1) is 0 Å². The average molecular weight is 216 g/mol. The Hall–Kier alpha value is -1.14. The van der Waals surface area contributed by atoms with Gasteiger partial charge in [0.1, 0.15) is 6.42 Å². The molecule has 7 heteroatoms. The van der Waals surface area contributed by atoms with Gasteiger partial charge in [0, 0.05) is 0 Å². The van der Waals surface area contributed by atoms with Gasteiger partial charge in [0.15, 0.2) is 5.78 Å². The molecule has 0 amide bonds. The zero-order valence-electron chi connectivity index (χ0n) is 7.23. The van der Waals surface area contributed by atoms with E-state index in [1.165, 1.54) is 6.92 Å². The maximum absolute atomic E-state index is 12.2. The minimum atomic E-state index is -5.26. The molecule has 0 aromatic heterocycles. The smallest absolute Gasteiger partial charge is 0.426 e. The number of hydrogen-bond donors (Lipinski definition) is 0. The van der Waals surface area contributed by atoms with Crippen molar-refractivity contribution in [3.05, 3.63) is 0 Å². The molecule has 0 aliphatic heterocycles. The second-order valence-corrected chi connectivity index (χ2v) is 2.35. The summed E-state index contributed by atoms with van der Waals surface area (Å²) in [5.41, 5.74) is 0. The summed E-state index contributed by atoms with van der Waals surface area (Å²) >= 11 is 0. The first-order valence-electron chi connectivity index (χ1n) is 3.68. The normalized spacial score (nSPS) is 13.5. The first-order chi connectivity index (χ1) is 6.29. The molecule has 0 fully saturated rings. The van der Waals surface area contributed by atoms with Crippen LogP contribution >= 0.6 is 0 Å². The topological polar surface area (TPSA) is 43.4 Å². The summed E-state index contributed by atoms with van der Waals surface area (Å²) < 4.78 is 51.2. The molecule has 0 radical (unpaired) electrons. The van der Waals surface area contributed by atoms with Crippen molar-refractivity contribution in [2.45, 2.75) is 25.7 Å². The van der Waals surface area contributed by atoms with E-state index in [9.17, 15) is 27.2 Å². The molecule has 14 heavy (non-hydrogen) atoms. The molecule has 0 bridgehead atoms. The van der Waals surface area contributed by atoms with Crippen molar-refractivity contribution >= 4 is 11.8 Å². The molecule has 1 atom stereocenters. The van der Waals surface area contributed by atoms with E-state index in [1.54, 1.807) is 0 Å². The summed E-state index contributed by atoms with van der Waals surface area (Å²) in [5.74, 6) is -3.00. The third kappa shape index (κ3) is 4.20. The Bertz CT molecular complexity index is 223. The van der Waals surface area contributed by atoms with Gasteiger partial charge >= 0.3 is 12.1 Å². The maximum Gasteiger partial charge on any atom is 0.426 e. The van der Waals surface area contributed by atoms with Crippen LogP contribution in [0.4, 0.5) is 17.6 Å². The fraction of sp³-hybridized carbons (Fsp3) is 0.714. The Morgan fingerprint density at radius 3 is 2.21 bits per heavy atom.